The fraction of sp³-hybridized carbons (Fsp3) is 0.500. The van der Waals surface area contributed by atoms with Crippen LogP contribution in [0.25, 0.3) is 0 Å². The van der Waals surface area contributed by atoms with Crippen molar-refractivity contribution in [3.8, 4) is 0 Å². The molecule has 0 aromatic heterocycles. The Bertz CT molecular complexity index is 436. The van der Waals surface area contributed by atoms with Gasteiger partial charge in [-0.05, 0) is 37.5 Å². The lowest BCUT2D eigenvalue weighted by atomic mass is 10.1. The molecule has 0 bridgehead atoms. The van der Waals surface area contributed by atoms with Crippen LogP contribution in [0.15, 0.2) is 22.7 Å². The Morgan fingerprint density at radius 2 is 2.00 bits per heavy atom. The van der Waals surface area contributed by atoms with E-state index in [4.69, 9.17) is 0 Å². The first-order chi connectivity index (χ1) is 8.38. The van der Waals surface area contributed by atoms with Crippen LogP contribution in [0.2, 0.25) is 0 Å². The van der Waals surface area contributed by atoms with Crippen molar-refractivity contribution in [2.75, 3.05) is 5.32 Å². The van der Waals surface area contributed by atoms with Gasteiger partial charge in [0.25, 0.3) is 0 Å². The van der Waals surface area contributed by atoms with E-state index in [0.717, 1.165) is 12.5 Å². The van der Waals surface area contributed by atoms with Gasteiger partial charge in [-0.25, -0.2) is 0 Å². The largest absolute Gasteiger partial charge is 0.418 e. The highest BCUT2D eigenvalue weighted by Gasteiger charge is 2.35. The second-order valence-electron chi connectivity index (χ2n) is 4.44. The second kappa shape index (κ2) is 5.09. The van der Waals surface area contributed by atoms with Crippen molar-refractivity contribution in [2.45, 2.75) is 37.6 Å². The Kier molecular flexibility index (Phi) is 3.87. The van der Waals surface area contributed by atoms with Gasteiger partial charge in [0.1, 0.15) is 0 Å². The fourth-order valence-electron chi connectivity index (χ4n) is 2.19. The summed E-state index contributed by atoms with van der Waals surface area (Å²) >= 11 is 3.04. The third-order valence-corrected chi connectivity index (χ3v) is 3.60. The Labute approximate surface area is 111 Å². The van der Waals surface area contributed by atoms with Gasteiger partial charge >= 0.3 is 6.18 Å². The summed E-state index contributed by atoms with van der Waals surface area (Å²) in [4.78, 5) is 0. The quantitative estimate of drug-likeness (QED) is 0.867. The highest BCUT2D eigenvalue weighted by molar-refractivity contribution is 9.10. The van der Waals surface area contributed by atoms with Gasteiger partial charge < -0.3 is 10.4 Å². The van der Waals surface area contributed by atoms with Gasteiger partial charge in [0.2, 0.25) is 0 Å². The molecule has 1 aliphatic carbocycles. The molecule has 2 rings (SSSR count). The lowest BCUT2D eigenvalue weighted by molar-refractivity contribution is -0.137. The van der Waals surface area contributed by atoms with E-state index in [-0.39, 0.29) is 11.7 Å². The Hall–Kier alpha value is -0.750. The maximum atomic E-state index is 12.9. The molecule has 1 aromatic carbocycles. The van der Waals surface area contributed by atoms with Crippen LogP contribution >= 0.6 is 15.9 Å². The Morgan fingerprint density at radius 1 is 1.28 bits per heavy atom. The molecule has 1 aromatic rings. The zero-order valence-electron chi connectivity index (χ0n) is 9.47. The highest BCUT2D eigenvalue weighted by Crippen LogP contribution is 2.37. The molecule has 2 nitrogen and oxygen atoms in total. The first-order valence-corrected chi connectivity index (χ1v) is 6.48. The van der Waals surface area contributed by atoms with Crippen LogP contribution in [-0.4, -0.2) is 17.3 Å². The molecule has 0 radical (unpaired) electrons. The van der Waals surface area contributed by atoms with Crippen molar-refractivity contribution < 1.29 is 18.3 Å². The molecule has 0 heterocycles. The van der Waals surface area contributed by atoms with Gasteiger partial charge in [-0.1, -0.05) is 15.9 Å². The number of hydrogen-bond acceptors (Lipinski definition) is 2. The molecule has 0 aliphatic heterocycles. The third kappa shape index (κ3) is 2.98. The van der Waals surface area contributed by atoms with E-state index in [0.29, 0.717) is 17.3 Å². The van der Waals surface area contributed by atoms with E-state index in [1.165, 1.54) is 6.07 Å². The molecular formula is C12H13BrF3NO. The molecule has 0 amide bonds. The molecule has 2 atom stereocenters. The average Bonchev–Trinajstić information content (AvgIpc) is 2.66. The zero-order valence-corrected chi connectivity index (χ0v) is 11.1. The second-order valence-corrected chi connectivity index (χ2v) is 5.35. The normalized spacial score (nSPS) is 24.3. The van der Waals surface area contributed by atoms with Crippen LogP contribution < -0.4 is 5.32 Å². The summed E-state index contributed by atoms with van der Waals surface area (Å²) in [5, 5.41) is 12.4. The van der Waals surface area contributed by atoms with Crippen molar-refractivity contribution in [3.05, 3.63) is 28.2 Å². The molecule has 0 saturated heterocycles. The van der Waals surface area contributed by atoms with E-state index in [2.05, 4.69) is 21.2 Å². The van der Waals surface area contributed by atoms with Gasteiger partial charge in [-0.15, -0.1) is 0 Å². The summed E-state index contributed by atoms with van der Waals surface area (Å²) in [6.07, 6.45) is -2.83. The van der Waals surface area contributed by atoms with Crippen molar-refractivity contribution in [1.29, 1.82) is 0 Å². The molecule has 18 heavy (non-hydrogen) atoms. The predicted molar refractivity (Wildman–Crippen MR) is 66.4 cm³/mol. The molecule has 1 saturated carbocycles. The van der Waals surface area contributed by atoms with Crippen LogP contribution in [0, 0.1) is 0 Å². The lowest BCUT2D eigenvalue weighted by Crippen LogP contribution is -2.29. The summed E-state index contributed by atoms with van der Waals surface area (Å²) in [6.45, 7) is 0. The van der Waals surface area contributed by atoms with Crippen molar-refractivity contribution in [3.63, 3.8) is 0 Å². The van der Waals surface area contributed by atoms with Crippen LogP contribution in [0.4, 0.5) is 18.9 Å². The van der Waals surface area contributed by atoms with E-state index in [1.807, 2.05) is 0 Å². The van der Waals surface area contributed by atoms with Crippen molar-refractivity contribution in [1.82, 2.24) is 0 Å². The van der Waals surface area contributed by atoms with E-state index in [1.54, 1.807) is 6.07 Å². The maximum absolute atomic E-state index is 12.9. The first-order valence-electron chi connectivity index (χ1n) is 5.69. The monoisotopic (exact) mass is 323 g/mol. The van der Waals surface area contributed by atoms with Gasteiger partial charge in [-0.2, -0.15) is 13.2 Å². The summed E-state index contributed by atoms with van der Waals surface area (Å²) < 4.78 is 39.0. The highest BCUT2D eigenvalue weighted by atomic mass is 79.9. The lowest BCUT2D eigenvalue weighted by Gasteiger charge is -2.21. The molecule has 6 heteroatoms. The summed E-state index contributed by atoms with van der Waals surface area (Å²) in [6, 6.07) is 3.69. The smallest absolute Gasteiger partial charge is 0.391 e. The zero-order chi connectivity index (χ0) is 13.3. The van der Waals surface area contributed by atoms with Crippen LogP contribution in [0.3, 0.4) is 0 Å². The van der Waals surface area contributed by atoms with Gasteiger partial charge in [-0.3, -0.25) is 0 Å². The van der Waals surface area contributed by atoms with Crippen molar-refractivity contribution >= 4 is 21.6 Å². The van der Waals surface area contributed by atoms with Crippen LogP contribution in [0.5, 0.6) is 0 Å². The molecule has 100 valence electrons. The molecule has 1 aliphatic rings. The standard InChI is InChI=1S/C12H13BrF3NO/c13-7-4-5-9(8(6-7)12(14,15)16)17-10-2-1-3-11(10)18/h4-6,10-11,17-18H,1-3H2/t10-,11-/m1/s1. The minimum absolute atomic E-state index is 0.0247. The maximum Gasteiger partial charge on any atom is 0.418 e. The predicted octanol–water partition coefficient (Wildman–Crippen LogP) is 3.79. The summed E-state index contributed by atoms with van der Waals surface area (Å²) in [5.74, 6) is 0. The van der Waals surface area contributed by atoms with Gasteiger partial charge in [0.15, 0.2) is 0 Å². The SMILES string of the molecule is O[C@@H]1CCC[C@H]1Nc1ccc(Br)cc1C(F)(F)F. The Balaban J connectivity index is 2.27. The van der Waals surface area contributed by atoms with E-state index in [9.17, 15) is 18.3 Å². The van der Waals surface area contributed by atoms with Gasteiger partial charge in [0.05, 0.1) is 17.7 Å². The molecular weight excluding hydrogens is 311 g/mol. The van der Waals surface area contributed by atoms with Crippen LogP contribution in [0.1, 0.15) is 24.8 Å². The number of nitrogens with one attached hydrogen (secondary N) is 1. The minimum atomic E-state index is -4.41. The van der Waals surface area contributed by atoms with E-state index >= 15 is 0 Å². The topological polar surface area (TPSA) is 32.3 Å². The Morgan fingerprint density at radius 3 is 2.56 bits per heavy atom. The molecule has 0 unspecified atom stereocenters. The van der Waals surface area contributed by atoms with Crippen LogP contribution in [-0.2, 0) is 6.18 Å². The summed E-state index contributed by atoms with van der Waals surface area (Å²) in [5.41, 5.74) is -0.687. The fourth-order valence-corrected chi connectivity index (χ4v) is 2.55. The number of benzene rings is 1. The number of halogens is 4. The average molecular weight is 324 g/mol. The number of alkyl halides is 3. The molecule has 0 spiro atoms. The molecule has 2 N–H and O–H groups in total. The number of rotatable bonds is 2. The van der Waals surface area contributed by atoms with Gasteiger partial charge in [0, 0.05) is 10.2 Å². The minimum Gasteiger partial charge on any atom is -0.391 e. The van der Waals surface area contributed by atoms with Crippen molar-refractivity contribution in [2.24, 2.45) is 0 Å². The molecule has 1 fully saturated rings. The number of aliphatic hydroxyl groups is 1. The summed E-state index contributed by atoms with van der Waals surface area (Å²) in [7, 11) is 0. The number of aliphatic hydroxyl groups excluding tert-OH is 1. The number of hydrogen-bond donors (Lipinski definition) is 2. The first kappa shape index (κ1) is 13.7. The third-order valence-electron chi connectivity index (χ3n) is 3.11. The number of anilines is 1. The van der Waals surface area contributed by atoms with E-state index < -0.39 is 17.8 Å².